The molecule has 1 aliphatic rings. The van der Waals surface area contributed by atoms with Gasteiger partial charge in [0.15, 0.2) is 0 Å². The molecular formula is C10H12ClNOS. The Labute approximate surface area is 92.7 Å². The Balaban J connectivity index is 2.00. The van der Waals surface area contributed by atoms with Crippen LogP contribution in [0, 0.1) is 0 Å². The fourth-order valence-corrected chi connectivity index (χ4v) is 2.67. The second-order valence-corrected chi connectivity index (χ2v) is 5.08. The molecule has 1 heterocycles. The van der Waals surface area contributed by atoms with Crippen molar-refractivity contribution in [1.82, 2.24) is 5.32 Å². The summed E-state index contributed by atoms with van der Waals surface area (Å²) >= 11 is 7.48. The van der Waals surface area contributed by atoms with Gasteiger partial charge in [-0.05, 0) is 24.3 Å². The van der Waals surface area contributed by atoms with Crippen molar-refractivity contribution in [3.63, 3.8) is 0 Å². The molecule has 0 unspecified atom stereocenters. The van der Waals surface area contributed by atoms with E-state index in [-0.39, 0.29) is 11.4 Å². The number of benzene rings is 1. The van der Waals surface area contributed by atoms with E-state index in [2.05, 4.69) is 5.32 Å². The summed E-state index contributed by atoms with van der Waals surface area (Å²) in [5, 5.41) is 13.8. The van der Waals surface area contributed by atoms with Crippen molar-refractivity contribution in [3.05, 3.63) is 29.3 Å². The highest BCUT2D eigenvalue weighted by Gasteiger charge is 2.25. The summed E-state index contributed by atoms with van der Waals surface area (Å²) in [6.07, 6.45) is -0.240. The topological polar surface area (TPSA) is 32.3 Å². The molecule has 1 aromatic rings. The van der Waals surface area contributed by atoms with E-state index in [0.29, 0.717) is 6.54 Å². The number of aliphatic hydroxyl groups excluding tert-OH is 1. The molecule has 0 radical (unpaired) electrons. The molecule has 2 rings (SSSR count). The molecule has 0 amide bonds. The van der Waals surface area contributed by atoms with Crippen molar-refractivity contribution in [2.75, 3.05) is 13.1 Å². The molecule has 0 aliphatic carbocycles. The SMILES string of the molecule is O[C@@H]1CNC[C@H]1Sc1ccc(Cl)cc1. The van der Waals surface area contributed by atoms with Crippen LogP contribution >= 0.6 is 23.4 Å². The highest BCUT2D eigenvalue weighted by molar-refractivity contribution is 8.00. The Hall–Kier alpha value is -0.220. The average molecular weight is 230 g/mol. The van der Waals surface area contributed by atoms with E-state index >= 15 is 0 Å². The van der Waals surface area contributed by atoms with Crippen LogP contribution in [0.4, 0.5) is 0 Å². The van der Waals surface area contributed by atoms with Gasteiger partial charge in [-0.25, -0.2) is 0 Å². The van der Waals surface area contributed by atoms with Crippen LogP contribution in [0.2, 0.25) is 5.02 Å². The first-order valence-corrected chi connectivity index (χ1v) is 5.82. The van der Waals surface area contributed by atoms with Crippen LogP contribution in [0.15, 0.2) is 29.2 Å². The Morgan fingerprint density at radius 3 is 2.57 bits per heavy atom. The smallest absolute Gasteiger partial charge is 0.0798 e. The van der Waals surface area contributed by atoms with Gasteiger partial charge in [-0.15, -0.1) is 11.8 Å². The molecule has 0 spiro atoms. The first kappa shape index (κ1) is 10.3. The number of hydrogen-bond acceptors (Lipinski definition) is 3. The quantitative estimate of drug-likeness (QED) is 0.811. The number of halogens is 1. The maximum Gasteiger partial charge on any atom is 0.0798 e. The number of rotatable bonds is 2. The second-order valence-electron chi connectivity index (χ2n) is 3.34. The van der Waals surface area contributed by atoms with E-state index in [1.54, 1.807) is 11.8 Å². The minimum Gasteiger partial charge on any atom is -0.391 e. The lowest BCUT2D eigenvalue weighted by molar-refractivity contribution is 0.201. The van der Waals surface area contributed by atoms with Gasteiger partial charge in [-0.1, -0.05) is 11.6 Å². The van der Waals surface area contributed by atoms with E-state index < -0.39 is 0 Å². The molecular weight excluding hydrogens is 218 g/mol. The highest BCUT2D eigenvalue weighted by Crippen LogP contribution is 2.27. The molecule has 14 heavy (non-hydrogen) atoms. The maximum absolute atomic E-state index is 9.60. The fourth-order valence-electron chi connectivity index (χ4n) is 1.45. The third-order valence-electron chi connectivity index (χ3n) is 2.23. The van der Waals surface area contributed by atoms with Crippen molar-refractivity contribution in [3.8, 4) is 0 Å². The zero-order valence-corrected chi connectivity index (χ0v) is 9.18. The monoisotopic (exact) mass is 229 g/mol. The van der Waals surface area contributed by atoms with Crippen LogP contribution < -0.4 is 5.32 Å². The van der Waals surface area contributed by atoms with Crippen LogP contribution in [0.25, 0.3) is 0 Å². The summed E-state index contributed by atoms with van der Waals surface area (Å²) in [5.41, 5.74) is 0. The summed E-state index contributed by atoms with van der Waals surface area (Å²) in [6.45, 7) is 1.57. The molecule has 76 valence electrons. The van der Waals surface area contributed by atoms with Gasteiger partial charge in [-0.2, -0.15) is 0 Å². The van der Waals surface area contributed by atoms with E-state index in [1.165, 1.54) is 0 Å². The molecule has 1 fully saturated rings. The largest absolute Gasteiger partial charge is 0.391 e. The lowest BCUT2D eigenvalue weighted by Crippen LogP contribution is -2.19. The number of thioether (sulfide) groups is 1. The van der Waals surface area contributed by atoms with Gasteiger partial charge in [0.25, 0.3) is 0 Å². The predicted octanol–water partition coefficient (Wildman–Crippen LogP) is 1.76. The Morgan fingerprint density at radius 2 is 2.00 bits per heavy atom. The minimum absolute atomic E-state index is 0.240. The minimum atomic E-state index is -0.240. The number of nitrogens with one attached hydrogen (secondary N) is 1. The number of aliphatic hydroxyl groups is 1. The Kier molecular flexibility index (Phi) is 3.34. The number of β-amino-alcohol motifs (C(OH)–C–C–N with tert-alkyl or cyclic N) is 1. The molecule has 1 aromatic carbocycles. The normalized spacial score (nSPS) is 26.7. The zero-order valence-electron chi connectivity index (χ0n) is 7.61. The van der Waals surface area contributed by atoms with Crippen LogP contribution in [0.3, 0.4) is 0 Å². The predicted molar refractivity (Wildman–Crippen MR) is 60.0 cm³/mol. The van der Waals surface area contributed by atoms with Gasteiger partial charge in [0.05, 0.1) is 6.10 Å². The summed E-state index contributed by atoms with van der Waals surface area (Å²) in [4.78, 5) is 1.15. The average Bonchev–Trinajstić information content (AvgIpc) is 2.56. The molecule has 4 heteroatoms. The first-order chi connectivity index (χ1) is 6.75. The van der Waals surface area contributed by atoms with E-state index in [1.807, 2.05) is 24.3 Å². The lowest BCUT2D eigenvalue weighted by atomic mass is 10.3. The van der Waals surface area contributed by atoms with Gasteiger partial charge in [0, 0.05) is 28.3 Å². The lowest BCUT2D eigenvalue weighted by Gasteiger charge is -2.12. The van der Waals surface area contributed by atoms with Crippen molar-refractivity contribution >= 4 is 23.4 Å². The van der Waals surface area contributed by atoms with E-state index in [0.717, 1.165) is 16.5 Å². The van der Waals surface area contributed by atoms with Crippen molar-refractivity contribution < 1.29 is 5.11 Å². The Bertz CT molecular complexity index is 303. The highest BCUT2D eigenvalue weighted by atomic mass is 35.5. The summed E-state index contributed by atoms with van der Waals surface area (Å²) in [7, 11) is 0. The van der Waals surface area contributed by atoms with Crippen molar-refractivity contribution in [1.29, 1.82) is 0 Å². The molecule has 1 saturated heterocycles. The van der Waals surface area contributed by atoms with Gasteiger partial charge in [-0.3, -0.25) is 0 Å². The van der Waals surface area contributed by atoms with Gasteiger partial charge < -0.3 is 10.4 Å². The van der Waals surface area contributed by atoms with E-state index in [9.17, 15) is 5.11 Å². The van der Waals surface area contributed by atoms with Gasteiger partial charge in [0.1, 0.15) is 0 Å². The Morgan fingerprint density at radius 1 is 1.29 bits per heavy atom. The molecule has 2 N–H and O–H groups in total. The first-order valence-electron chi connectivity index (χ1n) is 4.57. The van der Waals surface area contributed by atoms with Crippen molar-refractivity contribution in [2.45, 2.75) is 16.2 Å². The van der Waals surface area contributed by atoms with Gasteiger partial charge in [0.2, 0.25) is 0 Å². The molecule has 2 atom stereocenters. The molecule has 1 aliphatic heterocycles. The molecule has 0 aromatic heterocycles. The van der Waals surface area contributed by atoms with Crippen LogP contribution in [-0.4, -0.2) is 29.5 Å². The van der Waals surface area contributed by atoms with Crippen LogP contribution in [-0.2, 0) is 0 Å². The number of hydrogen-bond donors (Lipinski definition) is 2. The van der Waals surface area contributed by atoms with Crippen LogP contribution in [0.5, 0.6) is 0 Å². The van der Waals surface area contributed by atoms with Crippen LogP contribution in [0.1, 0.15) is 0 Å². The summed E-state index contributed by atoms with van der Waals surface area (Å²) < 4.78 is 0. The zero-order chi connectivity index (χ0) is 9.97. The van der Waals surface area contributed by atoms with E-state index in [4.69, 9.17) is 11.6 Å². The van der Waals surface area contributed by atoms with Crippen molar-refractivity contribution in [2.24, 2.45) is 0 Å². The standard InChI is InChI=1S/C10H12ClNOS/c11-7-1-3-8(4-2-7)14-10-6-12-5-9(10)13/h1-4,9-10,12-13H,5-6H2/t9-,10-/m1/s1. The third-order valence-corrected chi connectivity index (χ3v) is 3.81. The maximum atomic E-state index is 9.60. The molecule has 2 nitrogen and oxygen atoms in total. The molecule has 0 saturated carbocycles. The third kappa shape index (κ3) is 2.42. The fraction of sp³-hybridized carbons (Fsp3) is 0.400. The summed E-state index contributed by atoms with van der Waals surface area (Å²) in [5.74, 6) is 0. The second kappa shape index (κ2) is 4.53. The van der Waals surface area contributed by atoms with Gasteiger partial charge >= 0.3 is 0 Å². The summed E-state index contributed by atoms with van der Waals surface area (Å²) in [6, 6.07) is 7.72. The molecule has 0 bridgehead atoms.